The first-order valence-electron chi connectivity index (χ1n) is 10.4. The van der Waals surface area contributed by atoms with E-state index in [1.807, 2.05) is 36.1 Å². The highest BCUT2D eigenvalue weighted by Crippen LogP contribution is 2.22. The molecule has 8 nitrogen and oxygen atoms in total. The molecular formula is C23H28N4O4. The molecule has 8 heteroatoms. The van der Waals surface area contributed by atoms with Crippen molar-refractivity contribution in [3.63, 3.8) is 0 Å². The van der Waals surface area contributed by atoms with Gasteiger partial charge in [0.1, 0.15) is 0 Å². The van der Waals surface area contributed by atoms with Crippen LogP contribution in [0.5, 0.6) is 0 Å². The fourth-order valence-corrected chi connectivity index (χ4v) is 3.63. The predicted molar refractivity (Wildman–Crippen MR) is 119 cm³/mol. The molecule has 1 saturated heterocycles. The SMILES string of the molecule is Cc1ccccc1CC(=O)N1CCN(CCC(=O)Nc2cc([N+](=O)[O-])ccc2C)CC1. The standard InChI is InChI=1S/C23H28N4O4/c1-17-5-3-4-6-19(17)15-23(29)26-13-11-25(12-14-26)10-9-22(28)24-21-16-20(27(30)31)8-7-18(21)2/h3-8,16H,9-15H2,1-2H3,(H,24,28). The lowest BCUT2D eigenvalue weighted by Crippen LogP contribution is -2.49. The minimum atomic E-state index is -0.477. The van der Waals surface area contributed by atoms with E-state index in [-0.39, 0.29) is 17.5 Å². The van der Waals surface area contributed by atoms with Gasteiger partial charge in [0.15, 0.2) is 0 Å². The normalized spacial score (nSPS) is 14.3. The van der Waals surface area contributed by atoms with Gasteiger partial charge in [-0.1, -0.05) is 30.3 Å². The number of nitro benzene ring substituents is 1. The molecule has 0 radical (unpaired) electrons. The van der Waals surface area contributed by atoms with Gasteiger partial charge in [-0.05, 0) is 30.5 Å². The first-order chi connectivity index (χ1) is 14.8. The Balaban J connectivity index is 1.43. The average Bonchev–Trinajstić information content (AvgIpc) is 2.75. The number of anilines is 1. The number of nitro groups is 1. The first-order valence-corrected chi connectivity index (χ1v) is 10.4. The molecule has 0 saturated carbocycles. The van der Waals surface area contributed by atoms with E-state index in [0.29, 0.717) is 38.2 Å². The second kappa shape index (κ2) is 10.2. The summed E-state index contributed by atoms with van der Waals surface area (Å²) < 4.78 is 0. The number of hydrogen-bond acceptors (Lipinski definition) is 5. The molecule has 1 heterocycles. The van der Waals surface area contributed by atoms with E-state index in [0.717, 1.165) is 29.8 Å². The largest absolute Gasteiger partial charge is 0.340 e. The van der Waals surface area contributed by atoms with Gasteiger partial charge in [-0.25, -0.2) is 0 Å². The summed E-state index contributed by atoms with van der Waals surface area (Å²) >= 11 is 0. The smallest absolute Gasteiger partial charge is 0.271 e. The predicted octanol–water partition coefficient (Wildman–Crippen LogP) is 2.93. The zero-order chi connectivity index (χ0) is 22.4. The number of non-ortho nitro benzene ring substituents is 1. The van der Waals surface area contributed by atoms with Crippen molar-refractivity contribution in [2.24, 2.45) is 0 Å². The summed E-state index contributed by atoms with van der Waals surface area (Å²) in [7, 11) is 0. The van der Waals surface area contributed by atoms with Crippen molar-refractivity contribution in [2.45, 2.75) is 26.7 Å². The Morgan fingerprint density at radius 3 is 2.42 bits per heavy atom. The number of amides is 2. The third kappa shape index (κ3) is 6.11. The Hall–Kier alpha value is -3.26. The second-order valence-electron chi connectivity index (χ2n) is 7.88. The zero-order valence-corrected chi connectivity index (χ0v) is 18.0. The van der Waals surface area contributed by atoms with E-state index in [1.165, 1.54) is 12.1 Å². The molecule has 0 aliphatic carbocycles. The fraction of sp³-hybridized carbons (Fsp3) is 0.391. The Morgan fingerprint density at radius 1 is 1.03 bits per heavy atom. The summed E-state index contributed by atoms with van der Waals surface area (Å²) in [4.78, 5) is 39.4. The molecule has 1 aliphatic heterocycles. The van der Waals surface area contributed by atoms with Crippen LogP contribution in [-0.2, 0) is 16.0 Å². The number of carbonyl (C=O) groups excluding carboxylic acids is 2. The molecule has 164 valence electrons. The maximum absolute atomic E-state index is 12.6. The van der Waals surface area contributed by atoms with Gasteiger partial charge in [-0.15, -0.1) is 0 Å². The van der Waals surface area contributed by atoms with Crippen molar-refractivity contribution >= 4 is 23.2 Å². The maximum Gasteiger partial charge on any atom is 0.271 e. The van der Waals surface area contributed by atoms with Crippen molar-refractivity contribution in [3.8, 4) is 0 Å². The topological polar surface area (TPSA) is 95.8 Å². The number of piperazine rings is 1. The summed E-state index contributed by atoms with van der Waals surface area (Å²) in [6, 6.07) is 12.4. The van der Waals surface area contributed by atoms with Crippen molar-refractivity contribution < 1.29 is 14.5 Å². The third-order valence-corrected chi connectivity index (χ3v) is 5.69. The maximum atomic E-state index is 12.6. The minimum Gasteiger partial charge on any atom is -0.340 e. The van der Waals surface area contributed by atoms with Gasteiger partial charge >= 0.3 is 0 Å². The van der Waals surface area contributed by atoms with Crippen molar-refractivity contribution in [1.82, 2.24) is 9.80 Å². The van der Waals surface area contributed by atoms with Gasteiger partial charge < -0.3 is 10.2 Å². The van der Waals surface area contributed by atoms with Gasteiger partial charge in [-0.3, -0.25) is 24.6 Å². The molecule has 2 aromatic rings. The summed E-state index contributed by atoms with van der Waals surface area (Å²) in [5.41, 5.74) is 3.38. The number of hydrogen-bond donors (Lipinski definition) is 1. The van der Waals surface area contributed by atoms with E-state index in [4.69, 9.17) is 0 Å². The fourth-order valence-electron chi connectivity index (χ4n) is 3.63. The molecule has 1 aliphatic rings. The van der Waals surface area contributed by atoms with Crippen molar-refractivity contribution in [2.75, 3.05) is 38.0 Å². The Kier molecular flexibility index (Phi) is 7.36. The highest BCUT2D eigenvalue weighted by atomic mass is 16.6. The number of nitrogens with zero attached hydrogens (tertiary/aromatic N) is 3. The van der Waals surface area contributed by atoms with Crippen LogP contribution < -0.4 is 5.32 Å². The van der Waals surface area contributed by atoms with Gasteiger partial charge in [-0.2, -0.15) is 0 Å². The van der Waals surface area contributed by atoms with Gasteiger partial charge in [0.05, 0.1) is 17.0 Å². The van der Waals surface area contributed by atoms with Crippen LogP contribution in [0.1, 0.15) is 23.1 Å². The van der Waals surface area contributed by atoms with Crippen LogP contribution >= 0.6 is 0 Å². The van der Waals surface area contributed by atoms with Gasteiger partial charge in [0.2, 0.25) is 11.8 Å². The molecule has 0 bridgehead atoms. The Morgan fingerprint density at radius 2 is 1.74 bits per heavy atom. The number of carbonyl (C=O) groups is 2. The summed E-state index contributed by atoms with van der Waals surface area (Å²) in [6.45, 7) is 7.14. The Bertz CT molecular complexity index is 968. The summed E-state index contributed by atoms with van der Waals surface area (Å²) in [5.74, 6) is -0.0468. The monoisotopic (exact) mass is 424 g/mol. The molecular weight excluding hydrogens is 396 g/mol. The van der Waals surface area contributed by atoms with Gasteiger partial charge in [0.25, 0.3) is 5.69 Å². The van der Waals surface area contributed by atoms with Crippen LogP contribution in [-0.4, -0.2) is 59.3 Å². The zero-order valence-electron chi connectivity index (χ0n) is 18.0. The molecule has 2 aromatic carbocycles. The molecule has 2 amide bonds. The Labute approximate surface area is 182 Å². The van der Waals surface area contributed by atoms with Crippen LogP contribution in [0.4, 0.5) is 11.4 Å². The third-order valence-electron chi connectivity index (χ3n) is 5.69. The van der Waals surface area contributed by atoms with E-state index in [1.54, 1.807) is 13.0 Å². The average molecular weight is 425 g/mol. The summed E-state index contributed by atoms with van der Waals surface area (Å²) in [6.07, 6.45) is 0.705. The molecule has 1 fully saturated rings. The highest BCUT2D eigenvalue weighted by Gasteiger charge is 2.22. The number of rotatable bonds is 7. The molecule has 31 heavy (non-hydrogen) atoms. The molecule has 3 rings (SSSR count). The minimum absolute atomic E-state index is 0.0487. The quantitative estimate of drug-likeness (QED) is 0.545. The van der Waals surface area contributed by atoms with E-state index < -0.39 is 4.92 Å². The number of aryl methyl sites for hydroxylation is 2. The summed E-state index contributed by atoms with van der Waals surface area (Å²) in [5, 5.41) is 13.7. The molecule has 0 spiro atoms. The molecule has 0 atom stereocenters. The van der Waals surface area contributed by atoms with Crippen LogP contribution in [0.3, 0.4) is 0 Å². The first kappa shape index (κ1) is 22.4. The number of nitrogens with one attached hydrogen (secondary N) is 1. The van der Waals surface area contributed by atoms with Crippen LogP contribution in [0, 0.1) is 24.0 Å². The van der Waals surface area contributed by atoms with Crippen LogP contribution in [0.15, 0.2) is 42.5 Å². The van der Waals surface area contributed by atoms with E-state index in [2.05, 4.69) is 10.2 Å². The van der Waals surface area contributed by atoms with Crippen LogP contribution in [0.2, 0.25) is 0 Å². The van der Waals surface area contributed by atoms with Gasteiger partial charge in [0, 0.05) is 51.3 Å². The van der Waals surface area contributed by atoms with Crippen molar-refractivity contribution in [3.05, 3.63) is 69.3 Å². The lowest BCUT2D eigenvalue weighted by molar-refractivity contribution is -0.384. The number of benzene rings is 2. The molecule has 0 unspecified atom stereocenters. The molecule has 0 aromatic heterocycles. The second-order valence-corrected chi connectivity index (χ2v) is 7.88. The van der Waals surface area contributed by atoms with E-state index in [9.17, 15) is 19.7 Å². The van der Waals surface area contributed by atoms with E-state index >= 15 is 0 Å². The lowest BCUT2D eigenvalue weighted by atomic mass is 10.1. The van der Waals surface area contributed by atoms with Crippen LogP contribution in [0.25, 0.3) is 0 Å². The highest BCUT2D eigenvalue weighted by molar-refractivity contribution is 5.92. The van der Waals surface area contributed by atoms with Crippen molar-refractivity contribution in [1.29, 1.82) is 0 Å². The molecule has 1 N–H and O–H groups in total. The lowest BCUT2D eigenvalue weighted by Gasteiger charge is -2.34.